The van der Waals surface area contributed by atoms with Crippen LogP contribution in [0.25, 0.3) is 10.8 Å². The van der Waals surface area contributed by atoms with Gasteiger partial charge >= 0.3 is 0 Å². The molecule has 1 aliphatic heterocycles. The third kappa shape index (κ3) is 2.81. The zero-order valence-electron chi connectivity index (χ0n) is 12.4. The van der Waals surface area contributed by atoms with Gasteiger partial charge in [-0.05, 0) is 36.9 Å². The van der Waals surface area contributed by atoms with Crippen molar-refractivity contribution in [3.8, 4) is 0 Å². The van der Waals surface area contributed by atoms with Crippen molar-refractivity contribution < 1.29 is 8.42 Å². The molecule has 0 spiro atoms. The summed E-state index contributed by atoms with van der Waals surface area (Å²) in [6.07, 6.45) is 0. The van der Waals surface area contributed by atoms with E-state index in [1.165, 1.54) is 0 Å². The Kier molecular flexibility index (Phi) is 3.73. The predicted molar refractivity (Wildman–Crippen MR) is 84.9 cm³/mol. The molecule has 1 saturated heterocycles. The zero-order valence-corrected chi connectivity index (χ0v) is 13.2. The van der Waals surface area contributed by atoms with E-state index in [4.69, 9.17) is 0 Å². The fourth-order valence-corrected chi connectivity index (χ4v) is 4.14. The van der Waals surface area contributed by atoms with Gasteiger partial charge in [0.15, 0.2) is 0 Å². The van der Waals surface area contributed by atoms with E-state index >= 15 is 0 Å². The number of fused-ring (bicyclic) bond motifs is 1. The molecule has 3 rings (SSSR count). The van der Waals surface area contributed by atoms with Crippen molar-refractivity contribution in [2.45, 2.75) is 11.8 Å². The number of hydrogen-bond acceptors (Lipinski definition) is 3. The minimum Gasteiger partial charge on any atom is -0.304 e. The van der Waals surface area contributed by atoms with Crippen molar-refractivity contribution >= 4 is 20.8 Å². The van der Waals surface area contributed by atoms with Gasteiger partial charge in [0.2, 0.25) is 10.0 Å². The summed E-state index contributed by atoms with van der Waals surface area (Å²) in [7, 11) is -1.37. The van der Waals surface area contributed by atoms with Gasteiger partial charge in [-0.2, -0.15) is 4.31 Å². The zero-order chi connectivity index (χ0) is 15.0. The van der Waals surface area contributed by atoms with Gasteiger partial charge in [0, 0.05) is 26.2 Å². The Balaban J connectivity index is 1.98. The normalized spacial score (nSPS) is 18.2. The summed E-state index contributed by atoms with van der Waals surface area (Å²) in [6, 6.07) is 11.5. The molecular formula is C16H20N2O2S. The van der Waals surface area contributed by atoms with Crippen LogP contribution in [0.2, 0.25) is 0 Å². The molecule has 0 aromatic heterocycles. The number of rotatable bonds is 2. The highest BCUT2D eigenvalue weighted by Crippen LogP contribution is 2.23. The second-order valence-electron chi connectivity index (χ2n) is 5.72. The second kappa shape index (κ2) is 5.40. The molecule has 2 aromatic carbocycles. The topological polar surface area (TPSA) is 40.6 Å². The number of piperazine rings is 1. The molecule has 0 N–H and O–H groups in total. The Bertz CT molecular complexity index is 763. The van der Waals surface area contributed by atoms with E-state index in [1.807, 2.05) is 38.2 Å². The van der Waals surface area contributed by atoms with Gasteiger partial charge in [0.05, 0.1) is 4.90 Å². The van der Waals surface area contributed by atoms with Gasteiger partial charge in [0.1, 0.15) is 0 Å². The number of sulfonamides is 1. The van der Waals surface area contributed by atoms with Crippen LogP contribution in [-0.4, -0.2) is 50.8 Å². The van der Waals surface area contributed by atoms with E-state index < -0.39 is 10.0 Å². The van der Waals surface area contributed by atoms with Gasteiger partial charge in [-0.3, -0.25) is 0 Å². The quantitative estimate of drug-likeness (QED) is 0.853. The van der Waals surface area contributed by atoms with E-state index in [9.17, 15) is 8.42 Å². The monoisotopic (exact) mass is 304 g/mol. The first kappa shape index (κ1) is 14.5. The van der Waals surface area contributed by atoms with E-state index in [1.54, 1.807) is 16.4 Å². The number of benzene rings is 2. The average Bonchev–Trinajstić information content (AvgIpc) is 2.47. The Labute approximate surface area is 126 Å². The van der Waals surface area contributed by atoms with Crippen LogP contribution in [0.1, 0.15) is 5.56 Å². The van der Waals surface area contributed by atoms with Crippen LogP contribution in [0.4, 0.5) is 0 Å². The largest absolute Gasteiger partial charge is 0.304 e. The maximum atomic E-state index is 12.7. The summed E-state index contributed by atoms with van der Waals surface area (Å²) in [5, 5.41) is 2.04. The Morgan fingerprint density at radius 1 is 0.905 bits per heavy atom. The highest BCUT2D eigenvalue weighted by Gasteiger charge is 2.27. The minimum absolute atomic E-state index is 0.394. The summed E-state index contributed by atoms with van der Waals surface area (Å²) in [4.78, 5) is 2.54. The number of aryl methyl sites for hydroxylation is 1. The summed E-state index contributed by atoms with van der Waals surface area (Å²) in [5.41, 5.74) is 1.14. The Hall–Kier alpha value is -1.43. The molecule has 1 fully saturated rings. The van der Waals surface area contributed by atoms with Crippen molar-refractivity contribution in [3.05, 3.63) is 42.0 Å². The van der Waals surface area contributed by atoms with Gasteiger partial charge in [-0.25, -0.2) is 8.42 Å². The molecule has 0 unspecified atom stereocenters. The first-order valence-electron chi connectivity index (χ1n) is 7.16. The lowest BCUT2D eigenvalue weighted by Crippen LogP contribution is -2.46. The minimum atomic E-state index is -3.38. The average molecular weight is 304 g/mol. The van der Waals surface area contributed by atoms with Crippen LogP contribution in [-0.2, 0) is 10.0 Å². The lowest BCUT2D eigenvalue weighted by molar-refractivity contribution is 0.222. The predicted octanol–water partition coefficient (Wildman–Crippen LogP) is 2.08. The molecule has 112 valence electrons. The van der Waals surface area contributed by atoms with E-state index in [0.717, 1.165) is 29.4 Å². The Morgan fingerprint density at radius 3 is 2.29 bits per heavy atom. The van der Waals surface area contributed by atoms with E-state index in [-0.39, 0.29) is 0 Å². The van der Waals surface area contributed by atoms with Crippen LogP contribution in [0.3, 0.4) is 0 Å². The fourth-order valence-electron chi connectivity index (χ4n) is 2.68. The van der Waals surface area contributed by atoms with Gasteiger partial charge in [0.25, 0.3) is 0 Å². The lowest BCUT2D eigenvalue weighted by Gasteiger charge is -2.31. The molecule has 1 heterocycles. The molecule has 4 nitrogen and oxygen atoms in total. The smallest absolute Gasteiger partial charge is 0.243 e. The van der Waals surface area contributed by atoms with Crippen LogP contribution >= 0.6 is 0 Å². The van der Waals surface area contributed by atoms with E-state index in [0.29, 0.717) is 18.0 Å². The lowest BCUT2D eigenvalue weighted by atomic mass is 10.1. The third-order valence-electron chi connectivity index (χ3n) is 4.07. The fraction of sp³-hybridized carbons (Fsp3) is 0.375. The van der Waals surface area contributed by atoms with Crippen molar-refractivity contribution in [2.24, 2.45) is 0 Å². The van der Waals surface area contributed by atoms with E-state index in [2.05, 4.69) is 4.90 Å². The van der Waals surface area contributed by atoms with Crippen LogP contribution in [0, 0.1) is 6.92 Å². The maximum absolute atomic E-state index is 12.7. The van der Waals surface area contributed by atoms with Gasteiger partial charge in [-0.1, -0.05) is 29.8 Å². The Morgan fingerprint density at radius 2 is 1.57 bits per heavy atom. The molecule has 1 aliphatic rings. The molecule has 21 heavy (non-hydrogen) atoms. The van der Waals surface area contributed by atoms with Crippen molar-refractivity contribution in [1.29, 1.82) is 0 Å². The molecule has 5 heteroatoms. The molecule has 0 saturated carbocycles. The first-order valence-corrected chi connectivity index (χ1v) is 8.60. The van der Waals surface area contributed by atoms with Gasteiger partial charge in [-0.15, -0.1) is 0 Å². The maximum Gasteiger partial charge on any atom is 0.243 e. The standard InChI is InChI=1S/C16H20N2O2S/c1-13-3-4-14-5-6-16(12-15(14)11-13)21(19,20)18-9-7-17(2)8-10-18/h3-6,11-12H,7-10H2,1-2H3. The number of hydrogen-bond donors (Lipinski definition) is 0. The van der Waals surface area contributed by atoms with Crippen LogP contribution in [0.15, 0.2) is 41.3 Å². The summed E-state index contributed by atoms with van der Waals surface area (Å²) in [5.74, 6) is 0. The third-order valence-corrected chi connectivity index (χ3v) is 5.96. The molecule has 0 aliphatic carbocycles. The SMILES string of the molecule is Cc1ccc2ccc(S(=O)(=O)N3CCN(C)CC3)cc2c1. The molecule has 0 atom stereocenters. The number of likely N-dealkylation sites (N-methyl/N-ethyl adjacent to an activating group) is 1. The summed E-state index contributed by atoms with van der Waals surface area (Å²) >= 11 is 0. The molecular weight excluding hydrogens is 284 g/mol. The summed E-state index contributed by atoms with van der Waals surface area (Å²) < 4.78 is 27.0. The molecule has 2 aromatic rings. The first-order chi connectivity index (χ1) is 9.96. The molecule has 0 amide bonds. The van der Waals surface area contributed by atoms with Crippen molar-refractivity contribution in [3.63, 3.8) is 0 Å². The van der Waals surface area contributed by atoms with Crippen molar-refractivity contribution in [2.75, 3.05) is 33.2 Å². The van der Waals surface area contributed by atoms with Crippen molar-refractivity contribution in [1.82, 2.24) is 9.21 Å². The second-order valence-corrected chi connectivity index (χ2v) is 7.66. The van der Waals surface area contributed by atoms with Crippen LogP contribution in [0.5, 0.6) is 0 Å². The molecule has 0 radical (unpaired) electrons. The van der Waals surface area contributed by atoms with Crippen LogP contribution < -0.4 is 0 Å². The highest BCUT2D eigenvalue weighted by atomic mass is 32.2. The van der Waals surface area contributed by atoms with Gasteiger partial charge < -0.3 is 4.90 Å². The summed E-state index contributed by atoms with van der Waals surface area (Å²) in [6.45, 7) is 4.70. The number of nitrogens with zero attached hydrogens (tertiary/aromatic N) is 2. The molecule has 0 bridgehead atoms. The highest BCUT2D eigenvalue weighted by molar-refractivity contribution is 7.89.